The summed E-state index contributed by atoms with van der Waals surface area (Å²) in [4.78, 5) is 29.6. The summed E-state index contributed by atoms with van der Waals surface area (Å²) < 4.78 is 0. The van der Waals surface area contributed by atoms with Gasteiger partial charge in [-0.25, -0.2) is 0 Å². The second-order valence-corrected chi connectivity index (χ2v) is 6.18. The van der Waals surface area contributed by atoms with Crippen molar-refractivity contribution in [2.45, 2.75) is 33.1 Å². The summed E-state index contributed by atoms with van der Waals surface area (Å²) in [6.45, 7) is 9.77. The normalized spacial score (nSPS) is 24.8. The smallest absolute Gasteiger partial charge is 0.223 e. The van der Waals surface area contributed by atoms with Crippen LogP contribution in [-0.4, -0.2) is 72.3 Å². The third-order valence-corrected chi connectivity index (χ3v) is 4.46. The molecular weight excluding hydrogens is 254 g/mol. The molecule has 1 unspecified atom stereocenters. The Bertz CT molecular complexity index is 351. The summed E-state index contributed by atoms with van der Waals surface area (Å²) in [6, 6.07) is 0. The van der Waals surface area contributed by atoms with E-state index >= 15 is 0 Å². The standard InChI is InChI=1S/C15H27N3O2/c1-13-4-3-6-16(12-13)7-5-15(20)18-10-8-17(9-11-18)14(2)19/h13H,3-12H2,1-2H3. The molecule has 5 nitrogen and oxygen atoms in total. The van der Waals surface area contributed by atoms with Gasteiger partial charge >= 0.3 is 0 Å². The monoisotopic (exact) mass is 281 g/mol. The first-order chi connectivity index (χ1) is 9.56. The Kier molecular flexibility index (Phi) is 5.40. The quantitative estimate of drug-likeness (QED) is 0.768. The third-order valence-electron chi connectivity index (χ3n) is 4.46. The minimum Gasteiger partial charge on any atom is -0.339 e. The summed E-state index contributed by atoms with van der Waals surface area (Å²) in [5.74, 6) is 1.11. The summed E-state index contributed by atoms with van der Waals surface area (Å²) in [7, 11) is 0. The largest absolute Gasteiger partial charge is 0.339 e. The van der Waals surface area contributed by atoms with Crippen LogP contribution in [0.25, 0.3) is 0 Å². The van der Waals surface area contributed by atoms with Crippen LogP contribution in [0.3, 0.4) is 0 Å². The lowest BCUT2D eigenvalue weighted by molar-refractivity contribution is -0.138. The number of nitrogens with zero attached hydrogens (tertiary/aromatic N) is 3. The first kappa shape index (κ1) is 15.3. The lowest BCUT2D eigenvalue weighted by Crippen LogP contribution is -2.50. The molecule has 0 N–H and O–H groups in total. The number of rotatable bonds is 3. The summed E-state index contributed by atoms with van der Waals surface area (Å²) in [6.07, 6.45) is 3.19. The van der Waals surface area contributed by atoms with E-state index in [1.165, 1.54) is 12.8 Å². The highest BCUT2D eigenvalue weighted by molar-refractivity contribution is 5.77. The Labute approximate surface area is 121 Å². The molecule has 2 heterocycles. The fourth-order valence-electron chi connectivity index (χ4n) is 3.17. The molecule has 0 saturated carbocycles. The molecule has 2 fully saturated rings. The SMILES string of the molecule is CC(=O)N1CCN(C(=O)CCN2CCCC(C)C2)CC1. The lowest BCUT2D eigenvalue weighted by Gasteiger charge is -2.35. The van der Waals surface area contributed by atoms with Crippen LogP contribution in [-0.2, 0) is 9.59 Å². The van der Waals surface area contributed by atoms with E-state index in [0.717, 1.165) is 25.6 Å². The predicted molar refractivity (Wildman–Crippen MR) is 78.3 cm³/mol. The second-order valence-electron chi connectivity index (χ2n) is 6.18. The van der Waals surface area contributed by atoms with Gasteiger partial charge in [0.2, 0.25) is 11.8 Å². The number of hydrogen-bond acceptors (Lipinski definition) is 3. The van der Waals surface area contributed by atoms with Crippen LogP contribution in [0.1, 0.15) is 33.1 Å². The number of amides is 2. The van der Waals surface area contributed by atoms with Gasteiger partial charge in [0.15, 0.2) is 0 Å². The molecule has 2 aliphatic heterocycles. The molecule has 0 aromatic heterocycles. The molecule has 2 rings (SSSR count). The molecule has 0 aromatic carbocycles. The Balaban J connectivity index is 1.69. The molecule has 0 aromatic rings. The van der Waals surface area contributed by atoms with Crippen molar-refractivity contribution in [1.29, 1.82) is 0 Å². The number of piperidine rings is 1. The van der Waals surface area contributed by atoms with E-state index in [-0.39, 0.29) is 11.8 Å². The highest BCUT2D eigenvalue weighted by Gasteiger charge is 2.23. The number of piperazine rings is 1. The van der Waals surface area contributed by atoms with Gasteiger partial charge < -0.3 is 14.7 Å². The number of likely N-dealkylation sites (tertiary alicyclic amines) is 1. The van der Waals surface area contributed by atoms with Gasteiger partial charge in [0, 0.05) is 52.6 Å². The molecule has 114 valence electrons. The van der Waals surface area contributed by atoms with Crippen LogP contribution in [0, 0.1) is 5.92 Å². The molecule has 0 aliphatic carbocycles. The van der Waals surface area contributed by atoms with Crippen molar-refractivity contribution in [2.75, 3.05) is 45.8 Å². The van der Waals surface area contributed by atoms with Crippen LogP contribution in [0.4, 0.5) is 0 Å². The van der Waals surface area contributed by atoms with Gasteiger partial charge in [-0.1, -0.05) is 6.92 Å². The van der Waals surface area contributed by atoms with E-state index in [1.807, 2.05) is 9.80 Å². The molecule has 0 radical (unpaired) electrons. The van der Waals surface area contributed by atoms with Crippen molar-refractivity contribution >= 4 is 11.8 Å². The zero-order valence-electron chi connectivity index (χ0n) is 12.8. The average molecular weight is 281 g/mol. The van der Waals surface area contributed by atoms with Gasteiger partial charge in [-0.2, -0.15) is 0 Å². The Morgan fingerprint density at radius 1 is 1.05 bits per heavy atom. The van der Waals surface area contributed by atoms with Gasteiger partial charge in [-0.15, -0.1) is 0 Å². The van der Waals surface area contributed by atoms with E-state index in [1.54, 1.807) is 6.92 Å². The Hall–Kier alpha value is -1.10. The molecule has 20 heavy (non-hydrogen) atoms. The molecule has 1 atom stereocenters. The van der Waals surface area contributed by atoms with Crippen LogP contribution >= 0.6 is 0 Å². The first-order valence-corrected chi connectivity index (χ1v) is 7.82. The Morgan fingerprint density at radius 2 is 1.70 bits per heavy atom. The summed E-state index contributed by atoms with van der Waals surface area (Å²) in [5, 5.41) is 0. The van der Waals surface area contributed by atoms with Crippen molar-refractivity contribution < 1.29 is 9.59 Å². The van der Waals surface area contributed by atoms with Crippen molar-refractivity contribution in [3.63, 3.8) is 0 Å². The zero-order valence-corrected chi connectivity index (χ0v) is 12.8. The fraction of sp³-hybridized carbons (Fsp3) is 0.867. The van der Waals surface area contributed by atoms with E-state index in [9.17, 15) is 9.59 Å². The van der Waals surface area contributed by atoms with E-state index in [0.29, 0.717) is 32.6 Å². The highest BCUT2D eigenvalue weighted by Crippen LogP contribution is 2.15. The number of carbonyl (C=O) groups is 2. The zero-order chi connectivity index (χ0) is 14.5. The maximum atomic E-state index is 12.2. The average Bonchev–Trinajstić information content (AvgIpc) is 2.45. The van der Waals surface area contributed by atoms with E-state index in [4.69, 9.17) is 0 Å². The van der Waals surface area contributed by atoms with Crippen LogP contribution in [0.5, 0.6) is 0 Å². The third kappa shape index (κ3) is 4.20. The molecular formula is C15H27N3O2. The second kappa shape index (κ2) is 7.07. The minimum absolute atomic E-state index is 0.111. The topological polar surface area (TPSA) is 43.9 Å². The number of carbonyl (C=O) groups excluding carboxylic acids is 2. The van der Waals surface area contributed by atoms with Crippen LogP contribution < -0.4 is 0 Å². The van der Waals surface area contributed by atoms with Crippen LogP contribution in [0.15, 0.2) is 0 Å². The lowest BCUT2D eigenvalue weighted by atomic mass is 10.0. The molecule has 2 amide bonds. The van der Waals surface area contributed by atoms with Crippen LogP contribution in [0.2, 0.25) is 0 Å². The van der Waals surface area contributed by atoms with Crippen molar-refractivity contribution in [2.24, 2.45) is 5.92 Å². The minimum atomic E-state index is 0.111. The van der Waals surface area contributed by atoms with Crippen molar-refractivity contribution in [1.82, 2.24) is 14.7 Å². The summed E-state index contributed by atoms with van der Waals surface area (Å²) >= 11 is 0. The first-order valence-electron chi connectivity index (χ1n) is 7.82. The van der Waals surface area contributed by atoms with E-state index < -0.39 is 0 Å². The van der Waals surface area contributed by atoms with Gasteiger partial charge in [-0.3, -0.25) is 9.59 Å². The van der Waals surface area contributed by atoms with Gasteiger partial charge in [0.25, 0.3) is 0 Å². The molecule has 2 saturated heterocycles. The van der Waals surface area contributed by atoms with Crippen molar-refractivity contribution in [3.8, 4) is 0 Å². The highest BCUT2D eigenvalue weighted by atomic mass is 16.2. The number of hydrogen-bond donors (Lipinski definition) is 0. The maximum absolute atomic E-state index is 12.2. The predicted octanol–water partition coefficient (Wildman–Crippen LogP) is 0.799. The molecule has 2 aliphatic rings. The Morgan fingerprint density at radius 3 is 2.30 bits per heavy atom. The van der Waals surface area contributed by atoms with Gasteiger partial charge in [0.05, 0.1) is 0 Å². The van der Waals surface area contributed by atoms with E-state index in [2.05, 4.69) is 11.8 Å². The van der Waals surface area contributed by atoms with Gasteiger partial charge in [-0.05, 0) is 25.3 Å². The van der Waals surface area contributed by atoms with Crippen molar-refractivity contribution in [3.05, 3.63) is 0 Å². The molecule has 5 heteroatoms. The molecule has 0 spiro atoms. The summed E-state index contributed by atoms with van der Waals surface area (Å²) in [5.41, 5.74) is 0. The van der Waals surface area contributed by atoms with Gasteiger partial charge in [0.1, 0.15) is 0 Å². The maximum Gasteiger partial charge on any atom is 0.223 e. The fourth-order valence-corrected chi connectivity index (χ4v) is 3.17. The molecule has 0 bridgehead atoms.